The average Bonchev–Trinajstić information content (AvgIpc) is 2.53. The van der Waals surface area contributed by atoms with Gasteiger partial charge in [0.2, 0.25) is 0 Å². The molecule has 1 amide bonds. The highest BCUT2D eigenvalue weighted by atomic mass is 16.6. The van der Waals surface area contributed by atoms with E-state index in [-0.39, 0.29) is 5.69 Å². The van der Waals surface area contributed by atoms with E-state index in [1.165, 1.54) is 12.1 Å². The molecule has 0 saturated carbocycles. The van der Waals surface area contributed by atoms with Crippen LogP contribution in [0.15, 0.2) is 29.3 Å². The van der Waals surface area contributed by atoms with Crippen molar-refractivity contribution in [3.05, 3.63) is 39.9 Å². The van der Waals surface area contributed by atoms with Crippen LogP contribution in [0.2, 0.25) is 0 Å². The Balaban J connectivity index is 2.31. The number of carbonyl (C=O) groups excluding carboxylic acids is 1. The van der Waals surface area contributed by atoms with Gasteiger partial charge in [-0.25, -0.2) is 4.79 Å². The van der Waals surface area contributed by atoms with Crippen molar-refractivity contribution in [3.8, 4) is 0 Å². The number of carbonyl (C=O) groups is 1. The minimum absolute atomic E-state index is 0.0551. The number of nitrogens with one attached hydrogen (secondary N) is 3. The van der Waals surface area contributed by atoms with Crippen LogP contribution in [-0.2, 0) is 11.3 Å². The fourth-order valence-electron chi connectivity index (χ4n) is 1.80. The molecule has 0 spiro atoms. The van der Waals surface area contributed by atoms with E-state index in [2.05, 4.69) is 20.9 Å². The van der Waals surface area contributed by atoms with Crippen molar-refractivity contribution >= 4 is 17.7 Å². The highest BCUT2D eigenvalue weighted by molar-refractivity contribution is 5.79. The van der Waals surface area contributed by atoms with E-state index in [1.807, 2.05) is 0 Å². The number of amides is 1. The molecule has 0 heterocycles. The molecule has 1 rings (SSSR count). The van der Waals surface area contributed by atoms with Crippen molar-refractivity contribution in [3.63, 3.8) is 0 Å². The van der Waals surface area contributed by atoms with Crippen LogP contribution in [0.4, 0.5) is 10.5 Å². The van der Waals surface area contributed by atoms with E-state index in [0.29, 0.717) is 25.6 Å². The summed E-state index contributed by atoms with van der Waals surface area (Å²) in [5, 5.41) is 19.4. The van der Waals surface area contributed by atoms with E-state index in [4.69, 9.17) is 4.74 Å². The molecular formula is C16H25N5O4. The number of aliphatic imine (C=N–C) groups is 1. The molecule has 9 nitrogen and oxygen atoms in total. The molecule has 0 aromatic heterocycles. The smallest absolute Gasteiger partial charge is 0.407 e. The predicted octanol–water partition coefficient (Wildman–Crippen LogP) is 1.78. The van der Waals surface area contributed by atoms with Crippen LogP contribution in [0.1, 0.15) is 26.3 Å². The predicted molar refractivity (Wildman–Crippen MR) is 95.5 cm³/mol. The number of benzene rings is 1. The lowest BCUT2D eigenvalue weighted by Gasteiger charge is -2.19. The number of hydrogen-bond acceptors (Lipinski definition) is 5. The first-order valence-corrected chi connectivity index (χ1v) is 7.86. The van der Waals surface area contributed by atoms with Gasteiger partial charge in [-0.1, -0.05) is 12.1 Å². The molecule has 3 N–H and O–H groups in total. The summed E-state index contributed by atoms with van der Waals surface area (Å²) in [4.78, 5) is 25.8. The Labute approximate surface area is 147 Å². The number of rotatable bonds is 6. The number of non-ortho nitro benzene ring substituents is 1. The molecule has 0 fully saturated rings. The van der Waals surface area contributed by atoms with Gasteiger partial charge in [-0.3, -0.25) is 15.1 Å². The van der Waals surface area contributed by atoms with Crippen molar-refractivity contribution in [2.45, 2.75) is 32.9 Å². The summed E-state index contributed by atoms with van der Waals surface area (Å²) in [5.41, 5.74) is 0.416. The van der Waals surface area contributed by atoms with Gasteiger partial charge >= 0.3 is 6.09 Å². The van der Waals surface area contributed by atoms with Gasteiger partial charge in [-0.2, -0.15) is 0 Å². The molecule has 0 aliphatic rings. The third-order valence-corrected chi connectivity index (χ3v) is 2.92. The second-order valence-corrected chi connectivity index (χ2v) is 6.20. The lowest BCUT2D eigenvalue weighted by Crippen LogP contribution is -2.42. The van der Waals surface area contributed by atoms with Gasteiger partial charge in [0.1, 0.15) is 5.60 Å². The number of nitrogens with zero attached hydrogens (tertiary/aromatic N) is 2. The minimum Gasteiger partial charge on any atom is -0.444 e. The summed E-state index contributed by atoms with van der Waals surface area (Å²) in [7, 11) is 1.63. The summed E-state index contributed by atoms with van der Waals surface area (Å²) in [6, 6.07) is 6.28. The van der Waals surface area contributed by atoms with Gasteiger partial charge < -0.3 is 20.7 Å². The molecule has 0 radical (unpaired) electrons. The van der Waals surface area contributed by atoms with E-state index in [0.717, 1.165) is 5.56 Å². The van der Waals surface area contributed by atoms with E-state index in [1.54, 1.807) is 40.0 Å². The monoisotopic (exact) mass is 351 g/mol. The molecule has 0 aliphatic heterocycles. The largest absolute Gasteiger partial charge is 0.444 e. The van der Waals surface area contributed by atoms with Gasteiger partial charge in [-0.15, -0.1) is 0 Å². The van der Waals surface area contributed by atoms with Crippen molar-refractivity contribution in [1.82, 2.24) is 16.0 Å². The molecule has 9 heteroatoms. The summed E-state index contributed by atoms with van der Waals surface area (Å²) < 4.78 is 5.13. The number of hydrogen-bond donors (Lipinski definition) is 3. The first kappa shape index (κ1) is 20.2. The standard InChI is InChI=1S/C16H25N5O4/c1-16(2,3)25-15(22)19-10-9-18-14(17-4)20-11-12-5-7-13(8-6-12)21(23)24/h5-8H,9-11H2,1-4H3,(H,19,22)(H2,17,18,20). The summed E-state index contributed by atoms with van der Waals surface area (Å²) in [5.74, 6) is 0.560. The maximum Gasteiger partial charge on any atom is 0.407 e. The summed E-state index contributed by atoms with van der Waals surface area (Å²) >= 11 is 0. The van der Waals surface area contributed by atoms with Gasteiger partial charge in [0.25, 0.3) is 5.69 Å². The molecule has 0 saturated heterocycles. The highest BCUT2D eigenvalue weighted by Crippen LogP contribution is 2.11. The second kappa shape index (κ2) is 9.45. The maximum atomic E-state index is 11.5. The first-order chi connectivity index (χ1) is 11.7. The fraction of sp³-hybridized carbons (Fsp3) is 0.500. The van der Waals surface area contributed by atoms with Gasteiger partial charge in [-0.05, 0) is 26.3 Å². The Hall–Kier alpha value is -2.84. The Morgan fingerprint density at radius 1 is 1.16 bits per heavy atom. The van der Waals surface area contributed by atoms with Crippen LogP contribution in [0.5, 0.6) is 0 Å². The van der Waals surface area contributed by atoms with Crippen LogP contribution >= 0.6 is 0 Å². The number of nitro benzene ring substituents is 1. The fourth-order valence-corrected chi connectivity index (χ4v) is 1.80. The number of ether oxygens (including phenoxy) is 1. The first-order valence-electron chi connectivity index (χ1n) is 7.86. The molecule has 0 unspecified atom stereocenters. The average molecular weight is 351 g/mol. The summed E-state index contributed by atoms with van der Waals surface area (Å²) in [6.07, 6.45) is -0.469. The van der Waals surface area contributed by atoms with Gasteiger partial charge in [0.05, 0.1) is 4.92 Å². The van der Waals surface area contributed by atoms with Gasteiger partial charge in [0, 0.05) is 38.8 Å². The van der Waals surface area contributed by atoms with Crippen molar-refractivity contribution in [1.29, 1.82) is 0 Å². The molecule has 0 atom stereocenters. The number of guanidine groups is 1. The molecule has 0 bridgehead atoms. The van der Waals surface area contributed by atoms with Crippen molar-refractivity contribution < 1.29 is 14.5 Å². The van der Waals surface area contributed by atoms with Crippen molar-refractivity contribution in [2.24, 2.45) is 4.99 Å². The number of alkyl carbamates (subject to hydrolysis) is 1. The summed E-state index contributed by atoms with van der Waals surface area (Å²) in [6.45, 7) is 6.72. The molecular weight excluding hydrogens is 326 g/mol. The molecule has 138 valence electrons. The Bertz CT molecular complexity index is 608. The minimum atomic E-state index is -0.528. The lowest BCUT2D eigenvalue weighted by atomic mass is 10.2. The molecule has 1 aromatic rings. The molecule has 0 aliphatic carbocycles. The SMILES string of the molecule is CN=C(NCCNC(=O)OC(C)(C)C)NCc1ccc([N+](=O)[O-])cc1. The highest BCUT2D eigenvalue weighted by Gasteiger charge is 2.15. The molecule has 1 aromatic carbocycles. The second-order valence-electron chi connectivity index (χ2n) is 6.20. The lowest BCUT2D eigenvalue weighted by molar-refractivity contribution is -0.384. The molecule has 25 heavy (non-hydrogen) atoms. The van der Waals surface area contributed by atoms with Crippen molar-refractivity contribution in [2.75, 3.05) is 20.1 Å². The Kier molecular flexibility index (Phi) is 7.64. The third-order valence-electron chi connectivity index (χ3n) is 2.92. The normalized spacial score (nSPS) is 11.6. The van der Waals surface area contributed by atoms with Crippen LogP contribution in [-0.4, -0.2) is 42.7 Å². The topological polar surface area (TPSA) is 118 Å². The zero-order valence-corrected chi connectivity index (χ0v) is 15.0. The zero-order chi connectivity index (χ0) is 18.9. The van der Waals surface area contributed by atoms with E-state index in [9.17, 15) is 14.9 Å². The van der Waals surface area contributed by atoms with Crippen LogP contribution in [0.25, 0.3) is 0 Å². The van der Waals surface area contributed by atoms with Crippen LogP contribution in [0, 0.1) is 10.1 Å². The van der Waals surface area contributed by atoms with Crippen LogP contribution < -0.4 is 16.0 Å². The Morgan fingerprint density at radius 3 is 2.28 bits per heavy atom. The van der Waals surface area contributed by atoms with E-state index < -0.39 is 16.6 Å². The maximum absolute atomic E-state index is 11.5. The van der Waals surface area contributed by atoms with E-state index >= 15 is 0 Å². The number of nitro groups is 1. The van der Waals surface area contributed by atoms with Gasteiger partial charge in [0.15, 0.2) is 5.96 Å². The van der Waals surface area contributed by atoms with Crippen LogP contribution in [0.3, 0.4) is 0 Å². The Morgan fingerprint density at radius 2 is 1.76 bits per heavy atom. The quantitative estimate of drug-likeness (QED) is 0.236. The zero-order valence-electron chi connectivity index (χ0n) is 15.0. The third kappa shape index (κ3) is 8.54.